The summed E-state index contributed by atoms with van der Waals surface area (Å²) >= 11 is 4.54. The predicted octanol–water partition coefficient (Wildman–Crippen LogP) is 3.19. The topological polar surface area (TPSA) is 144 Å². The number of nitro groups is 1. The number of rotatable bonds is 6. The van der Waals surface area contributed by atoms with Crippen LogP contribution in [0.1, 0.15) is 20.9 Å². The first-order chi connectivity index (χ1) is 14.3. The molecule has 0 aliphatic heterocycles. The quantitative estimate of drug-likeness (QED) is 0.232. The highest BCUT2D eigenvalue weighted by Crippen LogP contribution is 2.38. The third-order valence-electron chi connectivity index (χ3n) is 3.74. The molecular formula is C18H12BrN3O7S. The first-order valence-electron chi connectivity index (χ1n) is 8.12. The summed E-state index contributed by atoms with van der Waals surface area (Å²) in [5, 5.41) is 12.9. The van der Waals surface area contributed by atoms with Crippen molar-refractivity contribution in [3.8, 4) is 11.5 Å². The van der Waals surface area contributed by atoms with Gasteiger partial charge in [0.25, 0.3) is 0 Å². The number of hydrogen-bond donors (Lipinski definition) is 2. The highest BCUT2D eigenvalue weighted by Gasteiger charge is 2.20. The zero-order valence-corrected chi connectivity index (χ0v) is 17.5. The van der Waals surface area contributed by atoms with Gasteiger partial charge in [0.05, 0.1) is 16.5 Å². The van der Waals surface area contributed by atoms with Crippen LogP contribution in [0.2, 0.25) is 0 Å². The number of methoxy groups -OCH3 is 1. The number of H-pyrrole nitrogens is 2. The summed E-state index contributed by atoms with van der Waals surface area (Å²) in [6.45, 7) is 0. The monoisotopic (exact) mass is 493 g/mol. The van der Waals surface area contributed by atoms with E-state index in [-0.39, 0.29) is 17.2 Å². The van der Waals surface area contributed by atoms with Crippen molar-refractivity contribution >= 4 is 51.1 Å². The molecule has 0 atom stereocenters. The van der Waals surface area contributed by atoms with Crippen molar-refractivity contribution < 1.29 is 19.2 Å². The van der Waals surface area contributed by atoms with Crippen LogP contribution in [0.25, 0.3) is 12.2 Å². The first-order valence-corrected chi connectivity index (χ1v) is 9.79. The average molecular weight is 494 g/mol. The van der Waals surface area contributed by atoms with Crippen molar-refractivity contribution in [1.82, 2.24) is 9.97 Å². The van der Waals surface area contributed by atoms with Crippen LogP contribution in [0.3, 0.4) is 0 Å². The van der Waals surface area contributed by atoms with Crippen molar-refractivity contribution in [1.29, 1.82) is 0 Å². The number of benzene rings is 1. The zero-order chi connectivity index (χ0) is 21.8. The van der Waals surface area contributed by atoms with Gasteiger partial charge >= 0.3 is 22.9 Å². The number of thiophene rings is 1. The molecule has 0 radical (unpaired) electrons. The molecule has 0 saturated carbocycles. The number of nitrogens with one attached hydrogen (secondary N) is 2. The number of aromatic amines is 2. The van der Waals surface area contributed by atoms with Gasteiger partial charge in [-0.05, 0) is 51.1 Å². The number of halogens is 1. The molecule has 0 saturated heterocycles. The minimum atomic E-state index is -1.11. The van der Waals surface area contributed by atoms with E-state index in [9.17, 15) is 24.5 Å². The van der Waals surface area contributed by atoms with E-state index in [2.05, 4.69) is 20.9 Å². The molecule has 154 valence electrons. The normalized spacial score (nSPS) is 10.9. The van der Waals surface area contributed by atoms with Gasteiger partial charge in [0.2, 0.25) is 0 Å². The molecule has 0 spiro atoms. The Morgan fingerprint density at radius 1 is 1.27 bits per heavy atom. The predicted molar refractivity (Wildman–Crippen MR) is 113 cm³/mol. The van der Waals surface area contributed by atoms with E-state index >= 15 is 0 Å². The molecular weight excluding hydrogens is 482 g/mol. The number of hydrogen-bond acceptors (Lipinski definition) is 8. The maximum atomic E-state index is 12.2. The Bertz CT molecular complexity index is 1260. The molecule has 12 heteroatoms. The molecule has 2 N–H and O–H groups in total. The van der Waals surface area contributed by atoms with Gasteiger partial charge in [-0.25, -0.2) is 9.59 Å². The van der Waals surface area contributed by atoms with E-state index in [4.69, 9.17) is 9.47 Å². The summed E-state index contributed by atoms with van der Waals surface area (Å²) in [5.74, 6) is -0.171. The van der Waals surface area contributed by atoms with Gasteiger partial charge in [0, 0.05) is 0 Å². The third-order valence-corrected chi connectivity index (χ3v) is 5.18. The lowest BCUT2D eigenvalue weighted by Gasteiger charge is -2.11. The fraction of sp³-hybridized carbons (Fsp3) is 0.0556. The fourth-order valence-electron chi connectivity index (χ4n) is 2.45. The van der Waals surface area contributed by atoms with Gasteiger partial charge in [-0.15, -0.1) is 11.3 Å². The molecule has 1 aromatic carbocycles. The smallest absolute Gasteiger partial charge is 0.357 e. The molecule has 0 aliphatic carbocycles. The summed E-state index contributed by atoms with van der Waals surface area (Å²) in [6.07, 6.45) is 2.64. The number of aromatic nitrogens is 2. The minimum Gasteiger partial charge on any atom is -0.493 e. The number of esters is 1. The lowest BCUT2D eigenvalue weighted by molar-refractivity contribution is -0.386. The van der Waals surface area contributed by atoms with Gasteiger partial charge in [0.15, 0.2) is 11.5 Å². The van der Waals surface area contributed by atoms with Gasteiger partial charge in [-0.1, -0.05) is 12.1 Å². The van der Waals surface area contributed by atoms with Gasteiger partial charge < -0.3 is 14.5 Å². The highest BCUT2D eigenvalue weighted by molar-refractivity contribution is 9.10. The third kappa shape index (κ3) is 4.55. The van der Waals surface area contributed by atoms with Crippen molar-refractivity contribution in [3.63, 3.8) is 0 Å². The minimum absolute atomic E-state index is 0.156. The first kappa shape index (κ1) is 21.2. The van der Waals surface area contributed by atoms with Crippen LogP contribution < -0.4 is 20.7 Å². The van der Waals surface area contributed by atoms with Crippen LogP contribution in [-0.2, 0) is 0 Å². The van der Waals surface area contributed by atoms with Crippen LogP contribution in [-0.4, -0.2) is 28.0 Å². The average Bonchev–Trinajstić information content (AvgIpc) is 3.22. The molecule has 0 amide bonds. The van der Waals surface area contributed by atoms with Gasteiger partial charge in [-0.2, -0.15) is 0 Å². The second kappa shape index (κ2) is 8.88. The number of ether oxygens (including phenoxy) is 2. The highest BCUT2D eigenvalue weighted by atomic mass is 79.9. The van der Waals surface area contributed by atoms with E-state index < -0.39 is 27.8 Å². The molecule has 2 heterocycles. The van der Waals surface area contributed by atoms with Crippen LogP contribution >= 0.6 is 27.3 Å². The van der Waals surface area contributed by atoms with Crippen LogP contribution in [0.4, 0.5) is 5.69 Å². The Morgan fingerprint density at radius 3 is 2.67 bits per heavy atom. The molecule has 30 heavy (non-hydrogen) atoms. The molecule has 0 bridgehead atoms. The lowest BCUT2D eigenvalue weighted by Crippen LogP contribution is -2.25. The Balaban J connectivity index is 1.96. The second-order valence-electron chi connectivity index (χ2n) is 5.66. The number of carbonyl (C=O) groups excluding carboxylic acids is 1. The zero-order valence-electron chi connectivity index (χ0n) is 15.1. The molecule has 0 unspecified atom stereocenters. The maximum Gasteiger partial charge on any atom is 0.357 e. The molecule has 10 nitrogen and oxygen atoms in total. The molecule has 3 aromatic rings. The second-order valence-corrected chi connectivity index (χ2v) is 7.46. The van der Waals surface area contributed by atoms with E-state index in [0.717, 1.165) is 0 Å². The molecule has 3 rings (SSSR count). The van der Waals surface area contributed by atoms with Crippen LogP contribution in [0, 0.1) is 10.1 Å². The van der Waals surface area contributed by atoms with E-state index in [1.807, 2.05) is 0 Å². The lowest BCUT2D eigenvalue weighted by atomic mass is 10.1. The Morgan fingerprint density at radius 2 is 2.03 bits per heavy atom. The van der Waals surface area contributed by atoms with Crippen molar-refractivity contribution in [2.24, 2.45) is 0 Å². The van der Waals surface area contributed by atoms with Gasteiger partial charge in [-0.3, -0.25) is 19.9 Å². The van der Waals surface area contributed by atoms with E-state index in [0.29, 0.717) is 14.9 Å². The largest absolute Gasteiger partial charge is 0.493 e. The Labute approximate surface area is 180 Å². The Hall–Kier alpha value is -3.51. The Kier molecular flexibility index (Phi) is 6.28. The summed E-state index contributed by atoms with van der Waals surface area (Å²) in [7, 11) is 1.39. The van der Waals surface area contributed by atoms with Gasteiger partial charge in [0.1, 0.15) is 10.6 Å². The van der Waals surface area contributed by atoms with Crippen molar-refractivity contribution in [2.45, 2.75) is 0 Å². The summed E-state index contributed by atoms with van der Waals surface area (Å²) < 4.78 is 11.1. The van der Waals surface area contributed by atoms with E-state index in [1.165, 1.54) is 36.7 Å². The van der Waals surface area contributed by atoms with Crippen molar-refractivity contribution in [3.05, 3.63) is 81.2 Å². The molecule has 0 fully saturated rings. The maximum absolute atomic E-state index is 12.2. The summed E-state index contributed by atoms with van der Waals surface area (Å²) in [5.41, 5.74) is -2.56. The molecule has 0 aliphatic rings. The molecule has 2 aromatic heterocycles. The summed E-state index contributed by atoms with van der Waals surface area (Å²) in [4.78, 5) is 50.0. The summed E-state index contributed by atoms with van der Waals surface area (Å²) in [6, 6.07) is 6.45. The fourth-order valence-corrected chi connectivity index (χ4v) is 3.59. The SMILES string of the molecule is COc1cc(C=Cc2[nH]c(=O)[nH]c(=O)c2[N+](=O)[O-])cc(Br)c1OC(=O)c1cccs1. The van der Waals surface area contributed by atoms with Crippen LogP contribution in [0.15, 0.2) is 43.7 Å². The van der Waals surface area contributed by atoms with Crippen molar-refractivity contribution in [2.75, 3.05) is 7.11 Å². The van der Waals surface area contributed by atoms with Crippen LogP contribution in [0.5, 0.6) is 11.5 Å². The number of carbonyl (C=O) groups is 1. The number of nitrogens with zero attached hydrogens (tertiary/aromatic N) is 1. The standard InChI is InChI=1S/C18H12BrN3O7S/c1-28-12-8-9(4-5-11-14(22(26)27)16(23)21-18(25)20-11)7-10(19)15(12)29-17(24)13-3-2-6-30-13/h2-8H,1H3,(H2,20,21,23,25). The van der Waals surface area contributed by atoms with E-state index in [1.54, 1.807) is 28.6 Å².